The van der Waals surface area contributed by atoms with Gasteiger partial charge in [0.2, 0.25) is 0 Å². The molecule has 46 heavy (non-hydrogen) atoms. The molecule has 0 aliphatic carbocycles. The summed E-state index contributed by atoms with van der Waals surface area (Å²) in [6.07, 6.45) is 1.91. The summed E-state index contributed by atoms with van der Waals surface area (Å²) in [6.45, 7) is 4.25. The minimum Gasteiger partial charge on any atom is -0.456 e. The van der Waals surface area contributed by atoms with Gasteiger partial charge in [0.15, 0.2) is 0 Å². The van der Waals surface area contributed by atoms with E-state index in [0.29, 0.717) is 0 Å². The fourth-order valence-electron chi connectivity index (χ4n) is 7.23. The minimum atomic E-state index is 0.830. The summed E-state index contributed by atoms with van der Waals surface area (Å²) in [5, 5.41) is 8.90. The van der Waals surface area contributed by atoms with E-state index in [1.54, 1.807) is 0 Å². The predicted molar refractivity (Wildman–Crippen MR) is 189 cm³/mol. The van der Waals surface area contributed by atoms with Gasteiger partial charge >= 0.3 is 0 Å². The summed E-state index contributed by atoms with van der Waals surface area (Å²) < 4.78 is 12.9. The van der Waals surface area contributed by atoms with Crippen LogP contribution >= 0.6 is 0 Å². The van der Waals surface area contributed by atoms with Crippen molar-refractivity contribution in [2.45, 2.75) is 13.8 Å². The average molecular weight is 591 g/mol. The second-order valence-corrected chi connectivity index (χ2v) is 12.3. The first-order valence-electron chi connectivity index (χ1n) is 15.6. The highest BCUT2D eigenvalue weighted by atomic mass is 16.3. The minimum absolute atomic E-state index is 0.830. The first kappa shape index (κ1) is 25.3. The second kappa shape index (κ2) is 9.26. The van der Waals surface area contributed by atoms with E-state index >= 15 is 0 Å². The van der Waals surface area contributed by atoms with E-state index in [2.05, 4.69) is 105 Å². The third kappa shape index (κ3) is 3.55. The highest BCUT2D eigenvalue weighted by Gasteiger charge is 2.19. The summed E-state index contributed by atoms with van der Waals surface area (Å²) in [6, 6.07) is 40.4. The molecule has 0 unspecified atom stereocenters. The summed E-state index contributed by atoms with van der Waals surface area (Å²) in [5.74, 6) is 0. The highest BCUT2D eigenvalue weighted by molar-refractivity contribution is 6.24. The Kier molecular flexibility index (Phi) is 5.10. The molecule has 4 heteroatoms. The van der Waals surface area contributed by atoms with Crippen LogP contribution in [0.5, 0.6) is 0 Å². The van der Waals surface area contributed by atoms with E-state index in [4.69, 9.17) is 18.8 Å². The molecule has 0 atom stereocenters. The Morgan fingerprint density at radius 2 is 1.17 bits per heavy atom. The summed E-state index contributed by atoms with van der Waals surface area (Å²) >= 11 is 0. The molecule has 0 spiro atoms. The van der Waals surface area contributed by atoms with Crippen LogP contribution in [0.4, 0.5) is 0 Å². The summed E-state index contributed by atoms with van der Waals surface area (Å²) in [7, 11) is 0. The number of furan rings is 2. The molecule has 0 saturated carbocycles. The van der Waals surface area contributed by atoms with Gasteiger partial charge in [0.25, 0.3) is 0 Å². The van der Waals surface area contributed by atoms with Crippen molar-refractivity contribution in [1.82, 2.24) is 9.97 Å². The number of benzene rings is 7. The van der Waals surface area contributed by atoms with Crippen molar-refractivity contribution >= 4 is 76.5 Å². The number of hydrogen-bond donors (Lipinski definition) is 0. The fourth-order valence-corrected chi connectivity index (χ4v) is 7.23. The Balaban J connectivity index is 1.18. The molecule has 0 saturated heterocycles. The molecule has 0 aliphatic heterocycles. The zero-order valence-corrected chi connectivity index (χ0v) is 25.3. The van der Waals surface area contributed by atoms with Crippen LogP contribution in [-0.4, -0.2) is 9.97 Å². The highest BCUT2D eigenvalue weighted by Crippen LogP contribution is 2.42. The Bertz CT molecular complexity index is 2890. The molecule has 10 rings (SSSR count). The lowest BCUT2D eigenvalue weighted by atomic mass is 9.96. The lowest BCUT2D eigenvalue weighted by Crippen LogP contribution is -1.93. The molecule has 0 amide bonds. The van der Waals surface area contributed by atoms with Crippen LogP contribution in [0, 0.1) is 13.8 Å². The maximum Gasteiger partial charge on any atom is 0.147 e. The lowest BCUT2D eigenvalue weighted by molar-refractivity contribution is 0.663. The van der Waals surface area contributed by atoms with E-state index < -0.39 is 0 Å². The van der Waals surface area contributed by atoms with Gasteiger partial charge in [0.05, 0.1) is 28.3 Å². The van der Waals surface area contributed by atoms with E-state index in [9.17, 15) is 0 Å². The molecular formula is C42H26N2O2. The van der Waals surface area contributed by atoms with Gasteiger partial charge in [0.1, 0.15) is 22.3 Å². The van der Waals surface area contributed by atoms with Crippen LogP contribution < -0.4 is 0 Å². The van der Waals surface area contributed by atoms with Crippen molar-refractivity contribution in [2.75, 3.05) is 0 Å². The lowest BCUT2D eigenvalue weighted by Gasteiger charge is -2.12. The number of aryl methyl sites for hydroxylation is 2. The number of rotatable bonds is 2. The number of fused-ring (bicyclic) bond motifs is 13. The van der Waals surface area contributed by atoms with Crippen molar-refractivity contribution in [1.29, 1.82) is 0 Å². The van der Waals surface area contributed by atoms with Crippen molar-refractivity contribution in [3.63, 3.8) is 0 Å². The molecule has 0 radical (unpaired) electrons. The van der Waals surface area contributed by atoms with Gasteiger partial charge in [-0.2, -0.15) is 0 Å². The normalized spacial score (nSPS) is 12.1. The van der Waals surface area contributed by atoms with Crippen LogP contribution in [0.3, 0.4) is 0 Å². The monoisotopic (exact) mass is 590 g/mol. The van der Waals surface area contributed by atoms with Gasteiger partial charge in [-0.1, -0.05) is 90.0 Å². The topological polar surface area (TPSA) is 52.1 Å². The molecular weight excluding hydrogens is 564 g/mol. The van der Waals surface area contributed by atoms with Gasteiger partial charge in [-0.3, -0.25) is 4.98 Å². The largest absolute Gasteiger partial charge is 0.456 e. The molecule has 216 valence electrons. The van der Waals surface area contributed by atoms with Crippen LogP contribution in [0.1, 0.15) is 11.1 Å². The van der Waals surface area contributed by atoms with Gasteiger partial charge in [-0.15, -0.1) is 0 Å². The smallest absolute Gasteiger partial charge is 0.147 e. The third-order valence-electron chi connectivity index (χ3n) is 9.40. The van der Waals surface area contributed by atoms with Gasteiger partial charge < -0.3 is 8.83 Å². The number of hydrogen-bond acceptors (Lipinski definition) is 4. The summed E-state index contributed by atoms with van der Waals surface area (Å²) in [5.41, 5.74) is 11.6. The van der Waals surface area contributed by atoms with E-state index in [1.165, 1.54) is 21.9 Å². The molecule has 0 N–H and O–H groups in total. The quantitative estimate of drug-likeness (QED) is 0.188. The van der Waals surface area contributed by atoms with Crippen LogP contribution in [0.2, 0.25) is 0 Å². The van der Waals surface area contributed by atoms with Gasteiger partial charge in [-0.05, 0) is 66.6 Å². The van der Waals surface area contributed by atoms with Gasteiger partial charge in [0, 0.05) is 38.1 Å². The van der Waals surface area contributed by atoms with Gasteiger partial charge in [-0.25, -0.2) is 4.98 Å². The molecule has 7 aromatic carbocycles. The van der Waals surface area contributed by atoms with Crippen molar-refractivity contribution in [3.05, 3.63) is 133 Å². The van der Waals surface area contributed by atoms with E-state index in [-0.39, 0.29) is 0 Å². The van der Waals surface area contributed by atoms with Crippen LogP contribution in [0.15, 0.2) is 130 Å². The molecule has 3 aromatic heterocycles. The molecule has 10 aromatic rings. The Morgan fingerprint density at radius 3 is 2.02 bits per heavy atom. The standard InChI is InChI=1S/C42H26N2O2/c1-23-13-15-28-29-16-14-24(2)20-34(29)40-39(33(28)19-23)43-22-35(44-40)26-8-5-7-25(21-26)27-10-6-11-30-31-17-18-37-38(42(31)46-41(27)30)32-9-3-4-12-36(32)45-37/h3-22H,1-2H3. The molecule has 0 aliphatic rings. The zero-order valence-electron chi connectivity index (χ0n) is 25.3. The maximum absolute atomic E-state index is 6.74. The van der Waals surface area contributed by atoms with Crippen molar-refractivity contribution < 1.29 is 8.83 Å². The first-order valence-corrected chi connectivity index (χ1v) is 15.6. The zero-order chi connectivity index (χ0) is 30.5. The second-order valence-electron chi connectivity index (χ2n) is 12.3. The van der Waals surface area contributed by atoms with Crippen molar-refractivity contribution in [3.8, 4) is 22.4 Å². The van der Waals surface area contributed by atoms with Crippen LogP contribution in [0.25, 0.3) is 98.8 Å². The number of aromatic nitrogens is 2. The molecule has 0 fully saturated rings. The number of nitrogens with zero attached hydrogens (tertiary/aromatic N) is 2. The molecule has 0 bridgehead atoms. The maximum atomic E-state index is 6.74. The summed E-state index contributed by atoms with van der Waals surface area (Å²) in [4.78, 5) is 10.3. The van der Waals surface area contributed by atoms with E-state index in [0.717, 1.165) is 88.1 Å². The predicted octanol–water partition coefficient (Wildman–Crippen LogP) is 11.7. The fraction of sp³-hybridized carbons (Fsp3) is 0.0476. The van der Waals surface area contributed by atoms with Crippen molar-refractivity contribution in [2.24, 2.45) is 0 Å². The average Bonchev–Trinajstić information content (AvgIpc) is 3.66. The molecule has 4 nitrogen and oxygen atoms in total. The Labute approximate surface area is 263 Å². The first-order chi connectivity index (χ1) is 22.6. The third-order valence-corrected chi connectivity index (χ3v) is 9.40. The number of para-hydroxylation sites is 2. The molecule has 3 heterocycles. The Morgan fingerprint density at radius 1 is 0.478 bits per heavy atom. The Hall–Kier alpha value is -6.00. The SMILES string of the molecule is Cc1ccc2c3ccc(C)cc3c3nc(-c4cccc(-c5cccc6c5oc5c6ccc6oc7ccccc7c65)c4)cnc3c2c1. The van der Waals surface area contributed by atoms with E-state index in [1.807, 2.05) is 30.5 Å². The van der Waals surface area contributed by atoms with Crippen LogP contribution in [-0.2, 0) is 0 Å².